The van der Waals surface area contributed by atoms with Crippen LogP contribution in [0.3, 0.4) is 0 Å². The molecule has 4 rings (SSSR count). The molecule has 0 spiro atoms. The molecule has 0 radical (unpaired) electrons. The molecular formula is C17H11NO. The van der Waals surface area contributed by atoms with E-state index in [4.69, 9.17) is 4.42 Å². The van der Waals surface area contributed by atoms with E-state index in [-0.39, 0.29) is 0 Å². The highest BCUT2D eigenvalue weighted by Gasteiger charge is 2.12. The maximum absolute atomic E-state index is 5.80. The van der Waals surface area contributed by atoms with Gasteiger partial charge in [-0.2, -0.15) is 0 Å². The zero-order chi connectivity index (χ0) is 12.7. The average molecular weight is 245 g/mol. The number of aromatic nitrogens is 1. The average Bonchev–Trinajstić information content (AvgIpc) is 2.86. The molecule has 19 heavy (non-hydrogen) atoms. The molecule has 0 aliphatic heterocycles. The molecular weight excluding hydrogens is 234 g/mol. The first-order valence-corrected chi connectivity index (χ1v) is 6.25. The first-order chi connectivity index (χ1) is 9.43. The van der Waals surface area contributed by atoms with Crippen LogP contribution in [0.5, 0.6) is 0 Å². The topological polar surface area (TPSA) is 26.0 Å². The zero-order valence-electron chi connectivity index (χ0n) is 10.2. The summed E-state index contributed by atoms with van der Waals surface area (Å²) in [6.07, 6.45) is 1.80. The van der Waals surface area contributed by atoms with Crippen LogP contribution in [-0.4, -0.2) is 4.98 Å². The Morgan fingerprint density at radius 3 is 2.47 bits per heavy atom. The van der Waals surface area contributed by atoms with Crippen LogP contribution in [0.25, 0.3) is 33.2 Å². The lowest BCUT2D eigenvalue weighted by Crippen LogP contribution is -1.80. The smallest absolute Gasteiger partial charge is 0.227 e. The maximum atomic E-state index is 5.80. The largest absolute Gasteiger partial charge is 0.438 e. The summed E-state index contributed by atoms with van der Waals surface area (Å²) >= 11 is 0. The summed E-state index contributed by atoms with van der Waals surface area (Å²) in [6.45, 7) is 0. The number of furan rings is 1. The van der Waals surface area contributed by atoms with E-state index in [0.29, 0.717) is 5.71 Å². The molecule has 2 aromatic carbocycles. The molecule has 2 heterocycles. The van der Waals surface area contributed by atoms with Gasteiger partial charge >= 0.3 is 0 Å². The van der Waals surface area contributed by atoms with Gasteiger partial charge in [-0.3, -0.25) is 0 Å². The Hall–Kier alpha value is -2.61. The third kappa shape index (κ3) is 1.54. The summed E-state index contributed by atoms with van der Waals surface area (Å²) in [4.78, 5) is 4.34. The predicted molar refractivity (Wildman–Crippen MR) is 77.0 cm³/mol. The quantitative estimate of drug-likeness (QED) is 0.488. The van der Waals surface area contributed by atoms with Crippen molar-refractivity contribution in [2.45, 2.75) is 0 Å². The number of nitrogens with zero attached hydrogens (tertiary/aromatic N) is 1. The van der Waals surface area contributed by atoms with Crippen LogP contribution in [0.2, 0.25) is 0 Å². The van der Waals surface area contributed by atoms with E-state index in [1.807, 2.05) is 42.5 Å². The van der Waals surface area contributed by atoms with Gasteiger partial charge in [0.1, 0.15) is 5.58 Å². The third-order valence-electron chi connectivity index (χ3n) is 3.36. The second kappa shape index (κ2) is 3.95. The van der Waals surface area contributed by atoms with E-state index in [1.165, 1.54) is 5.56 Å². The fourth-order valence-electron chi connectivity index (χ4n) is 2.50. The van der Waals surface area contributed by atoms with E-state index in [9.17, 15) is 0 Å². The van der Waals surface area contributed by atoms with E-state index < -0.39 is 0 Å². The molecule has 0 N–H and O–H groups in total. The van der Waals surface area contributed by atoms with Crippen LogP contribution < -0.4 is 0 Å². The van der Waals surface area contributed by atoms with Crippen LogP contribution in [0.4, 0.5) is 0 Å². The molecule has 0 aliphatic carbocycles. The lowest BCUT2D eigenvalue weighted by atomic mass is 10.0. The first kappa shape index (κ1) is 10.3. The van der Waals surface area contributed by atoms with E-state index >= 15 is 0 Å². The fraction of sp³-hybridized carbons (Fsp3) is 0. The van der Waals surface area contributed by atoms with Gasteiger partial charge in [-0.25, -0.2) is 4.98 Å². The van der Waals surface area contributed by atoms with E-state index in [2.05, 4.69) is 23.2 Å². The van der Waals surface area contributed by atoms with Crippen molar-refractivity contribution >= 4 is 22.1 Å². The standard InChI is InChI=1S/C17H11NO/c1-2-6-12(7-3-1)13-10-11-18-17-16(13)14-8-4-5-9-15(14)19-17/h1-11H. The number of pyridine rings is 1. The Morgan fingerprint density at radius 2 is 1.58 bits per heavy atom. The lowest BCUT2D eigenvalue weighted by Gasteiger charge is -2.02. The molecule has 2 nitrogen and oxygen atoms in total. The third-order valence-corrected chi connectivity index (χ3v) is 3.36. The van der Waals surface area contributed by atoms with Gasteiger partial charge in [0.15, 0.2) is 0 Å². The van der Waals surface area contributed by atoms with Crippen LogP contribution in [-0.2, 0) is 0 Å². The molecule has 0 aliphatic rings. The van der Waals surface area contributed by atoms with Crippen LogP contribution >= 0.6 is 0 Å². The summed E-state index contributed by atoms with van der Waals surface area (Å²) in [6, 6.07) is 20.4. The summed E-state index contributed by atoms with van der Waals surface area (Å²) in [5, 5.41) is 2.20. The molecule has 0 bridgehead atoms. The molecule has 4 aromatic rings. The Labute approximate surface area is 110 Å². The normalized spacial score (nSPS) is 11.2. The van der Waals surface area contributed by atoms with Crippen molar-refractivity contribution in [1.29, 1.82) is 0 Å². The molecule has 0 fully saturated rings. The van der Waals surface area contributed by atoms with Gasteiger partial charge in [-0.15, -0.1) is 0 Å². The van der Waals surface area contributed by atoms with Crippen molar-refractivity contribution in [3.05, 3.63) is 66.9 Å². The molecule has 90 valence electrons. The fourth-order valence-corrected chi connectivity index (χ4v) is 2.50. The van der Waals surface area contributed by atoms with Crippen LogP contribution in [0.15, 0.2) is 71.3 Å². The second-order valence-electron chi connectivity index (χ2n) is 4.50. The number of rotatable bonds is 1. The van der Waals surface area contributed by atoms with Gasteiger partial charge < -0.3 is 4.42 Å². The van der Waals surface area contributed by atoms with Gasteiger partial charge in [-0.1, -0.05) is 48.5 Å². The molecule has 0 saturated carbocycles. The monoisotopic (exact) mass is 245 g/mol. The molecule has 2 aromatic heterocycles. The van der Waals surface area contributed by atoms with Crippen molar-refractivity contribution < 1.29 is 4.42 Å². The van der Waals surface area contributed by atoms with Crippen molar-refractivity contribution in [3.8, 4) is 11.1 Å². The molecule has 0 atom stereocenters. The maximum Gasteiger partial charge on any atom is 0.227 e. The highest BCUT2D eigenvalue weighted by Crippen LogP contribution is 2.34. The summed E-state index contributed by atoms with van der Waals surface area (Å²) in [5.74, 6) is 0. The SMILES string of the molecule is c1ccc(-c2ccnc3oc4ccccc4c23)cc1. The van der Waals surface area contributed by atoms with Crippen molar-refractivity contribution in [2.24, 2.45) is 0 Å². The van der Waals surface area contributed by atoms with E-state index in [1.54, 1.807) is 6.20 Å². The van der Waals surface area contributed by atoms with Gasteiger partial charge in [-0.05, 0) is 23.3 Å². The van der Waals surface area contributed by atoms with Gasteiger partial charge in [0.25, 0.3) is 0 Å². The second-order valence-corrected chi connectivity index (χ2v) is 4.50. The Morgan fingerprint density at radius 1 is 0.789 bits per heavy atom. The lowest BCUT2D eigenvalue weighted by molar-refractivity contribution is 0.654. The minimum Gasteiger partial charge on any atom is -0.438 e. The van der Waals surface area contributed by atoms with Gasteiger partial charge in [0.2, 0.25) is 5.71 Å². The van der Waals surface area contributed by atoms with Crippen LogP contribution in [0, 0.1) is 0 Å². The minimum atomic E-state index is 0.697. The van der Waals surface area contributed by atoms with Crippen LogP contribution in [0.1, 0.15) is 0 Å². The number of hydrogen-bond acceptors (Lipinski definition) is 2. The Bertz CT molecular complexity index is 862. The Balaban J connectivity index is 2.17. The first-order valence-electron chi connectivity index (χ1n) is 6.25. The van der Waals surface area contributed by atoms with Crippen molar-refractivity contribution in [2.75, 3.05) is 0 Å². The minimum absolute atomic E-state index is 0.697. The zero-order valence-corrected chi connectivity index (χ0v) is 10.2. The van der Waals surface area contributed by atoms with Gasteiger partial charge in [0, 0.05) is 11.6 Å². The summed E-state index contributed by atoms with van der Waals surface area (Å²) in [5.41, 5.74) is 3.92. The number of benzene rings is 2. The number of para-hydroxylation sites is 1. The molecule has 0 unspecified atom stereocenters. The number of fused-ring (bicyclic) bond motifs is 3. The highest BCUT2D eigenvalue weighted by molar-refractivity contribution is 6.10. The highest BCUT2D eigenvalue weighted by atomic mass is 16.3. The molecule has 2 heteroatoms. The predicted octanol–water partition coefficient (Wildman–Crippen LogP) is 4.65. The molecule has 0 amide bonds. The number of hydrogen-bond donors (Lipinski definition) is 0. The van der Waals surface area contributed by atoms with Crippen molar-refractivity contribution in [1.82, 2.24) is 4.98 Å². The van der Waals surface area contributed by atoms with Gasteiger partial charge in [0.05, 0.1) is 5.39 Å². The molecule has 0 saturated heterocycles. The van der Waals surface area contributed by atoms with E-state index in [0.717, 1.165) is 21.9 Å². The van der Waals surface area contributed by atoms with Crippen molar-refractivity contribution in [3.63, 3.8) is 0 Å². The summed E-state index contributed by atoms with van der Waals surface area (Å²) < 4.78 is 5.80. The summed E-state index contributed by atoms with van der Waals surface area (Å²) in [7, 11) is 0. The Kier molecular flexibility index (Phi) is 2.15.